The number of esters is 1. The van der Waals surface area contributed by atoms with Gasteiger partial charge in [0.2, 0.25) is 0 Å². The third kappa shape index (κ3) is 3.34. The highest BCUT2D eigenvalue weighted by Crippen LogP contribution is 2.09. The van der Waals surface area contributed by atoms with E-state index in [0.717, 1.165) is 5.69 Å². The maximum absolute atomic E-state index is 12.3. The predicted octanol–water partition coefficient (Wildman–Crippen LogP) is 1.91. The Kier molecular flexibility index (Phi) is 4.41. The second-order valence-corrected chi connectivity index (χ2v) is 5.50. The Hall–Kier alpha value is -2.96. The fourth-order valence-corrected chi connectivity index (χ4v) is 2.41. The molecule has 124 valence electrons. The fraction of sp³-hybridized carbons (Fsp3) is 0.294. The normalized spacial score (nSPS) is 10.9. The summed E-state index contributed by atoms with van der Waals surface area (Å²) in [5.74, 6) is 0.662. The van der Waals surface area contributed by atoms with Crippen LogP contribution in [0.15, 0.2) is 39.6 Å². The predicted molar refractivity (Wildman–Crippen MR) is 86.3 cm³/mol. The van der Waals surface area contributed by atoms with E-state index in [4.69, 9.17) is 9.26 Å². The molecule has 24 heavy (non-hydrogen) atoms. The molecule has 0 bridgehead atoms. The number of carbonyl (C=O) groups is 1. The summed E-state index contributed by atoms with van der Waals surface area (Å²) >= 11 is 0. The summed E-state index contributed by atoms with van der Waals surface area (Å²) in [6, 6.07) is 8.86. The van der Waals surface area contributed by atoms with E-state index in [1.54, 1.807) is 38.2 Å². The van der Waals surface area contributed by atoms with Crippen molar-refractivity contribution in [3.63, 3.8) is 0 Å². The number of ether oxygens (including phenoxy) is 1. The van der Waals surface area contributed by atoms with Crippen molar-refractivity contribution in [1.29, 1.82) is 0 Å². The first-order valence-corrected chi connectivity index (χ1v) is 7.57. The monoisotopic (exact) mass is 327 g/mol. The molecule has 0 saturated heterocycles. The van der Waals surface area contributed by atoms with Crippen LogP contribution >= 0.6 is 0 Å². The van der Waals surface area contributed by atoms with Crippen molar-refractivity contribution in [2.45, 2.75) is 26.4 Å². The van der Waals surface area contributed by atoms with Gasteiger partial charge in [0.15, 0.2) is 12.4 Å². The number of nitrogens with zero attached hydrogens (tertiary/aromatic N) is 3. The molecule has 0 aliphatic heterocycles. The van der Waals surface area contributed by atoms with Crippen LogP contribution < -0.4 is 5.56 Å². The molecule has 7 heteroatoms. The third-order valence-electron chi connectivity index (χ3n) is 3.68. The highest BCUT2D eigenvalue weighted by Gasteiger charge is 2.11. The molecule has 0 spiro atoms. The molecule has 0 radical (unpaired) electrons. The number of fused-ring (bicyclic) bond motifs is 1. The molecule has 7 nitrogen and oxygen atoms in total. The van der Waals surface area contributed by atoms with Crippen molar-refractivity contribution in [2.24, 2.45) is 7.05 Å². The van der Waals surface area contributed by atoms with Crippen molar-refractivity contribution in [2.75, 3.05) is 0 Å². The lowest BCUT2D eigenvalue weighted by Gasteiger charge is -2.09. The summed E-state index contributed by atoms with van der Waals surface area (Å²) in [6.07, 6.45) is 0.455. The Morgan fingerprint density at radius 3 is 2.88 bits per heavy atom. The number of carbonyl (C=O) groups excluding carboxylic acids is 1. The number of aromatic nitrogens is 3. The number of aryl methyl sites for hydroxylation is 2. The molecule has 0 aliphatic carbocycles. The Morgan fingerprint density at radius 2 is 2.12 bits per heavy atom. The highest BCUT2D eigenvalue weighted by atomic mass is 16.5. The van der Waals surface area contributed by atoms with Gasteiger partial charge in [-0.05, 0) is 19.1 Å². The molecule has 0 amide bonds. The summed E-state index contributed by atoms with van der Waals surface area (Å²) in [4.78, 5) is 28.6. The maximum Gasteiger partial charge on any atom is 0.306 e. The summed E-state index contributed by atoms with van der Waals surface area (Å²) in [5.41, 5.74) is 1.23. The van der Waals surface area contributed by atoms with Crippen molar-refractivity contribution in [3.8, 4) is 0 Å². The minimum absolute atomic E-state index is 0.0454. The van der Waals surface area contributed by atoms with Crippen LogP contribution in [0.25, 0.3) is 10.9 Å². The summed E-state index contributed by atoms with van der Waals surface area (Å²) in [7, 11) is 1.65. The van der Waals surface area contributed by atoms with Crippen molar-refractivity contribution in [3.05, 3.63) is 58.0 Å². The second kappa shape index (κ2) is 6.66. The van der Waals surface area contributed by atoms with E-state index in [1.165, 1.54) is 4.57 Å². The smallest absolute Gasteiger partial charge is 0.306 e. The first-order chi connectivity index (χ1) is 11.5. The Bertz CT molecular complexity index is 942. The van der Waals surface area contributed by atoms with Crippen LogP contribution in [0.3, 0.4) is 0 Å². The first kappa shape index (κ1) is 15.9. The van der Waals surface area contributed by atoms with E-state index in [2.05, 4.69) is 10.1 Å². The zero-order valence-corrected chi connectivity index (χ0v) is 13.5. The van der Waals surface area contributed by atoms with Crippen molar-refractivity contribution < 1.29 is 14.1 Å². The number of benzene rings is 1. The number of rotatable bonds is 5. The van der Waals surface area contributed by atoms with Crippen LogP contribution in [0.1, 0.15) is 23.7 Å². The minimum atomic E-state index is -0.383. The standard InChI is InChI=1S/C17H17N3O4/c1-11-9-12(24-19-11)10-23-16(21)8-7-15-18-14-6-4-3-5-13(14)17(22)20(15)2/h3-6,9H,7-8,10H2,1-2H3. The van der Waals surface area contributed by atoms with Gasteiger partial charge in [0.1, 0.15) is 5.82 Å². The molecular formula is C17H17N3O4. The van der Waals surface area contributed by atoms with Crippen LogP contribution in [0.5, 0.6) is 0 Å². The molecule has 0 unspecified atom stereocenters. The van der Waals surface area contributed by atoms with Crippen molar-refractivity contribution >= 4 is 16.9 Å². The van der Waals surface area contributed by atoms with Gasteiger partial charge in [-0.25, -0.2) is 4.98 Å². The van der Waals surface area contributed by atoms with Gasteiger partial charge >= 0.3 is 5.97 Å². The van der Waals surface area contributed by atoms with Crippen molar-refractivity contribution in [1.82, 2.24) is 14.7 Å². The fourth-order valence-electron chi connectivity index (χ4n) is 2.41. The third-order valence-corrected chi connectivity index (χ3v) is 3.68. The van der Waals surface area contributed by atoms with Gasteiger partial charge in [0.05, 0.1) is 23.0 Å². The van der Waals surface area contributed by atoms with Gasteiger partial charge in [-0.3, -0.25) is 14.2 Å². The quantitative estimate of drug-likeness (QED) is 0.665. The molecule has 0 atom stereocenters. The van der Waals surface area contributed by atoms with E-state index in [0.29, 0.717) is 28.9 Å². The van der Waals surface area contributed by atoms with Gasteiger partial charge in [0.25, 0.3) is 5.56 Å². The number of hydrogen-bond donors (Lipinski definition) is 0. The molecular weight excluding hydrogens is 310 g/mol. The average Bonchev–Trinajstić information content (AvgIpc) is 3.00. The van der Waals surface area contributed by atoms with Gasteiger partial charge in [0, 0.05) is 19.5 Å². The lowest BCUT2D eigenvalue weighted by Crippen LogP contribution is -2.23. The minimum Gasteiger partial charge on any atom is -0.457 e. The first-order valence-electron chi connectivity index (χ1n) is 7.57. The molecule has 0 N–H and O–H groups in total. The summed E-state index contributed by atoms with van der Waals surface area (Å²) in [6.45, 7) is 1.84. The molecule has 2 heterocycles. The van der Waals surface area contributed by atoms with E-state index >= 15 is 0 Å². The number of hydrogen-bond acceptors (Lipinski definition) is 6. The molecule has 0 saturated carbocycles. The Morgan fingerprint density at radius 1 is 1.33 bits per heavy atom. The second-order valence-electron chi connectivity index (χ2n) is 5.50. The van der Waals surface area contributed by atoms with Crippen LogP contribution in [0, 0.1) is 6.92 Å². The van der Waals surface area contributed by atoms with E-state index < -0.39 is 0 Å². The van der Waals surface area contributed by atoms with Gasteiger partial charge in [-0.2, -0.15) is 0 Å². The molecule has 2 aromatic heterocycles. The van der Waals surface area contributed by atoms with Crippen LogP contribution in [0.2, 0.25) is 0 Å². The average molecular weight is 327 g/mol. The summed E-state index contributed by atoms with van der Waals surface area (Å²) in [5, 5.41) is 4.29. The number of para-hydroxylation sites is 1. The lowest BCUT2D eigenvalue weighted by atomic mass is 10.2. The topological polar surface area (TPSA) is 87.2 Å². The maximum atomic E-state index is 12.3. The SMILES string of the molecule is Cc1cc(COC(=O)CCc2nc3ccccc3c(=O)n2C)on1. The van der Waals surface area contributed by atoms with E-state index in [-0.39, 0.29) is 24.6 Å². The zero-order chi connectivity index (χ0) is 17.1. The van der Waals surface area contributed by atoms with E-state index in [9.17, 15) is 9.59 Å². The Labute approximate surface area is 137 Å². The van der Waals surface area contributed by atoms with Crippen LogP contribution in [-0.4, -0.2) is 20.7 Å². The molecule has 3 rings (SSSR count). The van der Waals surface area contributed by atoms with Gasteiger partial charge in [-0.15, -0.1) is 0 Å². The Balaban J connectivity index is 1.66. The van der Waals surface area contributed by atoms with Gasteiger partial charge in [-0.1, -0.05) is 17.3 Å². The lowest BCUT2D eigenvalue weighted by molar-refractivity contribution is -0.145. The zero-order valence-electron chi connectivity index (χ0n) is 13.5. The largest absolute Gasteiger partial charge is 0.457 e. The van der Waals surface area contributed by atoms with Crippen LogP contribution in [-0.2, 0) is 29.6 Å². The molecule has 3 aromatic rings. The molecule has 0 aliphatic rings. The highest BCUT2D eigenvalue weighted by molar-refractivity contribution is 5.77. The van der Waals surface area contributed by atoms with Gasteiger partial charge < -0.3 is 9.26 Å². The molecule has 1 aromatic carbocycles. The molecule has 0 fully saturated rings. The van der Waals surface area contributed by atoms with Crippen LogP contribution in [0.4, 0.5) is 0 Å². The summed E-state index contributed by atoms with van der Waals surface area (Å²) < 4.78 is 11.6. The van der Waals surface area contributed by atoms with E-state index in [1.807, 2.05) is 6.07 Å².